The van der Waals surface area contributed by atoms with E-state index in [-0.39, 0.29) is 28.4 Å². The van der Waals surface area contributed by atoms with E-state index in [0.717, 1.165) is 59.1 Å². The number of hydrogen-bond donors (Lipinski definition) is 4. The van der Waals surface area contributed by atoms with E-state index < -0.39 is 0 Å². The maximum absolute atomic E-state index is 12.5. The molecule has 0 radical (unpaired) electrons. The van der Waals surface area contributed by atoms with E-state index in [9.17, 15) is 19.8 Å². The molecule has 2 amide bonds. The third kappa shape index (κ3) is 11.2. The van der Waals surface area contributed by atoms with Crippen molar-refractivity contribution in [1.29, 1.82) is 0 Å². The Balaban J connectivity index is 1.68. The smallest absolute Gasteiger partial charge is 0.220 e. The van der Waals surface area contributed by atoms with Crippen LogP contribution in [0, 0.1) is 0 Å². The van der Waals surface area contributed by atoms with Crippen LogP contribution in [0.2, 0.25) is 0 Å². The van der Waals surface area contributed by atoms with Crippen molar-refractivity contribution in [1.82, 2.24) is 10.6 Å². The number of aryl methyl sites for hydroxylation is 2. The molecule has 0 aliphatic rings. The summed E-state index contributed by atoms with van der Waals surface area (Å²) in [6, 6.07) is 7.89. The average Bonchev–Trinajstić information content (AvgIpc) is 2.91. The highest BCUT2D eigenvalue weighted by atomic mass is 16.3. The minimum absolute atomic E-state index is 0.0111. The molecule has 0 unspecified atom stereocenters. The number of amides is 2. The summed E-state index contributed by atoms with van der Waals surface area (Å²) in [5.41, 5.74) is 6.44. The lowest BCUT2D eigenvalue weighted by Gasteiger charge is -2.28. The Hall–Kier alpha value is -3.54. The van der Waals surface area contributed by atoms with Gasteiger partial charge in [0, 0.05) is 37.1 Å². The summed E-state index contributed by atoms with van der Waals surface area (Å²) in [4.78, 5) is 24.9. The molecule has 242 valence electrons. The topological polar surface area (TPSA) is 98.7 Å². The fraction of sp³-hybridized carbons (Fsp3) is 0.526. The zero-order valence-corrected chi connectivity index (χ0v) is 28.5. The summed E-state index contributed by atoms with van der Waals surface area (Å²) < 4.78 is 0. The Morgan fingerprint density at radius 2 is 1.00 bits per heavy atom. The summed E-state index contributed by atoms with van der Waals surface area (Å²) in [7, 11) is 0. The maximum atomic E-state index is 12.5. The van der Waals surface area contributed by atoms with Crippen molar-refractivity contribution in [3.63, 3.8) is 0 Å². The van der Waals surface area contributed by atoms with Crippen molar-refractivity contribution >= 4 is 23.0 Å². The second-order valence-electron chi connectivity index (χ2n) is 14.3. The van der Waals surface area contributed by atoms with Crippen LogP contribution in [0.3, 0.4) is 0 Å². The molecule has 0 saturated heterocycles. The lowest BCUT2D eigenvalue weighted by Crippen LogP contribution is -2.25. The first kappa shape index (κ1) is 36.7. The summed E-state index contributed by atoms with van der Waals surface area (Å²) >= 11 is 0. The monoisotopic (exact) mass is 604 g/mol. The van der Waals surface area contributed by atoms with Crippen molar-refractivity contribution < 1.29 is 19.8 Å². The van der Waals surface area contributed by atoms with E-state index in [1.807, 2.05) is 38.1 Å². The van der Waals surface area contributed by atoms with Crippen molar-refractivity contribution in [2.24, 2.45) is 0 Å². The SMILES string of the molecule is C=C(C)c1cc(CCC(=O)NCCCCCCNC(=O)CCc2cc(C(C)(C)C)c(O)c(C(C)(C)C)c2)cc(C(=C)C)c1O. The number of unbranched alkanes of at least 4 members (excludes halogenated alkanes) is 3. The van der Waals surface area contributed by atoms with Crippen LogP contribution < -0.4 is 10.6 Å². The number of carbonyl (C=O) groups excluding carboxylic acids is 2. The molecule has 2 aromatic rings. The van der Waals surface area contributed by atoms with Gasteiger partial charge in [0.1, 0.15) is 11.5 Å². The lowest BCUT2D eigenvalue weighted by atomic mass is 9.78. The number of allylic oxidation sites excluding steroid dienone is 2. The molecule has 0 saturated carbocycles. The Morgan fingerprint density at radius 3 is 1.34 bits per heavy atom. The Morgan fingerprint density at radius 1 is 0.636 bits per heavy atom. The first-order valence-corrected chi connectivity index (χ1v) is 16.0. The van der Waals surface area contributed by atoms with Gasteiger partial charge in [0.15, 0.2) is 0 Å². The van der Waals surface area contributed by atoms with Gasteiger partial charge in [0.05, 0.1) is 0 Å². The molecule has 6 nitrogen and oxygen atoms in total. The Kier molecular flexibility index (Phi) is 13.3. The van der Waals surface area contributed by atoms with Gasteiger partial charge >= 0.3 is 0 Å². The first-order valence-electron chi connectivity index (χ1n) is 16.0. The minimum Gasteiger partial charge on any atom is -0.507 e. The van der Waals surface area contributed by atoms with Crippen molar-refractivity contribution in [2.45, 2.75) is 118 Å². The molecule has 0 spiro atoms. The minimum atomic E-state index is -0.191. The summed E-state index contributed by atoms with van der Waals surface area (Å²) in [6.07, 6.45) is 5.77. The van der Waals surface area contributed by atoms with Gasteiger partial charge in [0.25, 0.3) is 0 Å². The molecule has 2 rings (SSSR count). The van der Waals surface area contributed by atoms with Crippen LogP contribution in [0.25, 0.3) is 11.1 Å². The molecule has 0 aromatic heterocycles. The molecular weight excluding hydrogens is 548 g/mol. The number of hydrogen-bond acceptors (Lipinski definition) is 4. The zero-order valence-electron chi connectivity index (χ0n) is 28.5. The number of carbonyl (C=O) groups is 2. The molecule has 6 heteroatoms. The number of phenols is 2. The molecular formula is C38H56N2O4. The van der Waals surface area contributed by atoms with Gasteiger partial charge in [-0.2, -0.15) is 0 Å². The molecule has 0 heterocycles. The Bertz CT molecular complexity index is 1270. The number of rotatable bonds is 15. The van der Waals surface area contributed by atoms with Crippen LogP contribution in [0.4, 0.5) is 0 Å². The maximum Gasteiger partial charge on any atom is 0.220 e. The second-order valence-corrected chi connectivity index (χ2v) is 14.3. The molecule has 2 aromatic carbocycles. The third-order valence-electron chi connectivity index (χ3n) is 7.90. The van der Waals surface area contributed by atoms with E-state index >= 15 is 0 Å². The lowest BCUT2D eigenvalue weighted by molar-refractivity contribution is -0.121. The van der Waals surface area contributed by atoms with Crippen LogP contribution >= 0.6 is 0 Å². The number of benzene rings is 2. The van der Waals surface area contributed by atoms with Gasteiger partial charge in [-0.25, -0.2) is 0 Å². The van der Waals surface area contributed by atoms with Crippen LogP contribution in [0.1, 0.15) is 127 Å². The van der Waals surface area contributed by atoms with Gasteiger partial charge in [-0.3, -0.25) is 9.59 Å². The van der Waals surface area contributed by atoms with Crippen molar-refractivity contribution in [2.75, 3.05) is 13.1 Å². The molecule has 44 heavy (non-hydrogen) atoms. The van der Waals surface area contributed by atoms with Crippen molar-refractivity contribution in [3.05, 3.63) is 70.8 Å². The largest absolute Gasteiger partial charge is 0.507 e. The molecule has 0 bridgehead atoms. The molecule has 4 N–H and O–H groups in total. The van der Waals surface area contributed by atoms with Crippen LogP contribution in [-0.4, -0.2) is 35.1 Å². The molecule has 0 aliphatic carbocycles. The quantitative estimate of drug-likeness (QED) is 0.154. The first-order chi connectivity index (χ1) is 20.4. The fourth-order valence-electron chi connectivity index (χ4n) is 5.22. The number of phenolic OH excluding ortho intramolecular Hbond substituents is 2. The average molecular weight is 605 g/mol. The summed E-state index contributed by atoms with van der Waals surface area (Å²) in [5.74, 6) is 0.606. The second kappa shape index (κ2) is 16.0. The molecule has 0 atom stereocenters. The van der Waals surface area contributed by atoms with Gasteiger partial charge in [-0.1, -0.05) is 79.7 Å². The highest BCUT2D eigenvalue weighted by Gasteiger charge is 2.26. The molecule has 0 fully saturated rings. The highest BCUT2D eigenvalue weighted by Crippen LogP contribution is 2.40. The van der Waals surface area contributed by atoms with E-state index in [2.05, 4.69) is 65.3 Å². The fourth-order valence-corrected chi connectivity index (χ4v) is 5.22. The predicted molar refractivity (Wildman–Crippen MR) is 184 cm³/mol. The number of aromatic hydroxyl groups is 2. The van der Waals surface area contributed by atoms with Gasteiger partial charge in [-0.15, -0.1) is 0 Å². The zero-order chi connectivity index (χ0) is 33.2. The van der Waals surface area contributed by atoms with Crippen LogP contribution in [0.15, 0.2) is 37.4 Å². The third-order valence-corrected chi connectivity index (χ3v) is 7.90. The van der Waals surface area contributed by atoms with E-state index in [0.29, 0.717) is 55.6 Å². The van der Waals surface area contributed by atoms with E-state index in [1.54, 1.807) is 0 Å². The molecule has 0 aliphatic heterocycles. The van der Waals surface area contributed by atoms with E-state index in [4.69, 9.17) is 0 Å². The predicted octanol–water partition coefficient (Wildman–Crippen LogP) is 8.12. The van der Waals surface area contributed by atoms with Gasteiger partial charge < -0.3 is 20.8 Å². The number of nitrogens with one attached hydrogen (secondary N) is 2. The standard InChI is InChI=1S/C38H56N2O4/c1-25(2)29-21-27(22-30(26(3)4)35(29)43)15-17-33(41)39-19-13-11-12-14-20-40-34(42)18-16-28-23-31(37(5,6)7)36(44)32(24-28)38(8,9)10/h21-24,43-44H,1,3,11-20H2,2,4-10H3,(H,39,41)(H,40,42). The van der Waals surface area contributed by atoms with Crippen LogP contribution in [0.5, 0.6) is 11.5 Å². The summed E-state index contributed by atoms with van der Waals surface area (Å²) in [5, 5.41) is 27.4. The highest BCUT2D eigenvalue weighted by molar-refractivity contribution is 5.79. The Labute approximate surface area is 266 Å². The van der Waals surface area contributed by atoms with Gasteiger partial charge in [0.2, 0.25) is 11.8 Å². The van der Waals surface area contributed by atoms with E-state index in [1.165, 1.54) is 0 Å². The van der Waals surface area contributed by atoms with Crippen molar-refractivity contribution in [3.8, 4) is 11.5 Å². The van der Waals surface area contributed by atoms with Gasteiger partial charge in [-0.05, 0) is 95.9 Å². The summed E-state index contributed by atoms with van der Waals surface area (Å²) in [6.45, 7) is 25.5. The van der Waals surface area contributed by atoms with Crippen LogP contribution in [-0.2, 0) is 33.3 Å². The normalized spacial score (nSPS) is 11.7.